The van der Waals surface area contributed by atoms with E-state index in [1.165, 1.54) is 5.56 Å². The summed E-state index contributed by atoms with van der Waals surface area (Å²) >= 11 is 0. The summed E-state index contributed by atoms with van der Waals surface area (Å²) in [4.78, 5) is 10.6. The van der Waals surface area contributed by atoms with Gasteiger partial charge in [-0.3, -0.25) is 0 Å². The smallest absolute Gasteiger partial charge is 0.136 e. The van der Waals surface area contributed by atoms with Crippen molar-refractivity contribution in [2.24, 2.45) is 0 Å². The van der Waals surface area contributed by atoms with E-state index in [0.717, 1.165) is 82.8 Å². The van der Waals surface area contributed by atoms with Crippen LogP contribution in [-0.4, -0.2) is 23.5 Å². The number of fused-ring (bicyclic) bond motifs is 20. The van der Waals surface area contributed by atoms with E-state index in [-0.39, 0.29) is 26.5 Å². The van der Waals surface area contributed by atoms with Gasteiger partial charge in [0.15, 0.2) is 0 Å². The summed E-state index contributed by atoms with van der Waals surface area (Å²) in [6, 6.07) is 60.6. The summed E-state index contributed by atoms with van der Waals surface area (Å²) in [6.07, 6.45) is 2.14. The third-order valence-corrected chi connectivity index (χ3v) is 11.3. The van der Waals surface area contributed by atoms with Crippen molar-refractivity contribution in [2.45, 2.75) is 33.1 Å². The molecule has 8 bridgehead atoms. The number of hydrogen-bond acceptors (Lipinski definition) is 3. The molecule has 11 rings (SSSR count). The first kappa shape index (κ1) is 36.7. The molecule has 1 aliphatic rings. The fourth-order valence-corrected chi connectivity index (χ4v) is 8.49. The number of imidazole rings is 1. The van der Waals surface area contributed by atoms with Gasteiger partial charge in [0.1, 0.15) is 5.65 Å². The van der Waals surface area contributed by atoms with Crippen molar-refractivity contribution in [3.8, 4) is 22.5 Å². The van der Waals surface area contributed by atoms with Crippen molar-refractivity contribution in [1.82, 2.24) is 23.5 Å². The first-order valence-corrected chi connectivity index (χ1v) is 19.7. The van der Waals surface area contributed by atoms with Crippen molar-refractivity contribution in [1.29, 1.82) is 0 Å². The van der Waals surface area contributed by atoms with Crippen LogP contribution in [0.4, 0.5) is 0 Å². The van der Waals surface area contributed by atoms with Crippen molar-refractivity contribution in [3.05, 3.63) is 181 Å². The standard InChI is InChI=1S/C52H38N5O.Pt/c1-33-27-37-31-49(53-33)55-32-56(47-24-13-12-23-46(47)55)51-38(34-15-6-5-7-16-34)20-14-21-43(51)39-17-8-9-18-40(39)44-28-35(52(2,3)4)29-50(54-44)57-45-22-11-10-19-41(45)42-26-25-36(58-37)30-48(42)57;/h5-29,32H,1-4H3;/q-3;. The van der Waals surface area contributed by atoms with E-state index in [1.807, 2.05) is 19.1 Å². The third kappa shape index (κ3) is 6.09. The summed E-state index contributed by atoms with van der Waals surface area (Å²) in [7, 11) is 0. The Morgan fingerprint density at radius 1 is 0.593 bits per heavy atom. The summed E-state index contributed by atoms with van der Waals surface area (Å²) in [5.74, 6) is 0. The van der Waals surface area contributed by atoms with Crippen molar-refractivity contribution < 1.29 is 25.5 Å². The average Bonchev–Trinajstić information content (AvgIpc) is 3.79. The molecule has 0 aliphatic carbocycles. The van der Waals surface area contributed by atoms with E-state index in [4.69, 9.17) is 14.4 Å². The minimum Gasteiger partial charge on any atom is -0.522 e. The van der Waals surface area contributed by atoms with E-state index < -0.39 is 0 Å². The maximum atomic E-state index is 6.67. The maximum Gasteiger partial charge on any atom is 0.136 e. The van der Waals surface area contributed by atoms with E-state index in [2.05, 4.69) is 192 Å². The van der Waals surface area contributed by atoms with Crippen LogP contribution in [0.3, 0.4) is 0 Å². The zero-order valence-electron chi connectivity index (χ0n) is 33.0. The quantitative estimate of drug-likeness (QED) is 0.154. The van der Waals surface area contributed by atoms with Crippen LogP contribution < -0.4 is 0 Å². The topological polar surface area (TPSA) is 53.2 Å². The van der Waals surface area contributed by atoms with Crippen LogP contribution in [0.2, 0.25) is 0 Å². The fraction of sp³-hybridized carbons (Fsp3) is 0.0962. The molecule has 7 heteroatoms. The first-order valence-electron chi connectivity index (χ1n) is 19.7. The molecule has 0 spiro atoms. The SMILES string of the molecule is Cc1cc2[c-]c(n1)n1[cH-]n(c3c(-c4ccccc4)cccc3c3ccccc3c3cc(C(C)(C)C)cc(n3)n3c4[c-]c(ccc4c4ccccc43)o2)-c2ccccc2-1.[Pt]. The molecule has 0 N–H and O–H groups in total. The second kappa shape index (κ2) is 14.0. The van der Waals surface area contributed by atoms with Gasteiger partial charge in [-0.15, -0.1) is 23.6 Å². The number of hydrogen-bond donors (Lipinski definition) is 0. The second-order valence-corrected chi connectivity index (χ2v) is 16.1. The molecule has 0 unspecified atom stereocenters. The molecule has 0 saturated heterocycles. The van der Waals surface area contributed by atoms with Gasteiger partial charge in [-0.05, 0) is 97.2 Å². The Morgan fingerprint density at radius 3 is 2.08 bits per heavy atom. The maximum absolute atomic E-state index is 6.67. The van der Waals surface area contributed by atoms with E-state index in [9.17, 15) is 0 Å². The number of aromatic nitrogens is 5. The Labute approximate surface area is 355 Å². The third-order valence-electron chi connectivity index (χ3n) is 11.3. The molecule has 6 nitrogen and oxygen atoms in total. The number of aryl methyl sites for hydroxylation is 1. The van der Waals surface area contributed by atoms with Gasteiger partial charge in [-0.2, -0.15) is 6.07 Å². The monoisotopic (exact) mass is 943 g/mol. The number of rotatable bonds is 1. The zero-order valence-corrected chi connectivity index (χ0v) is 35.2. The first-order chi connectivity index (χ1) is 28.3. The Balaban J connectivity index is 0.00000420. The number of nitrogens with zero attached hydrogens (tertiary/aromatic N) is 5. The molecule has 4 aromatic heterocycles. The zero-order chi connectivity index (χ0) is 39.1. The molecule has 59 heavy (non-hydrogen) atoms. The molecular formula is C52H38N5OPt-3. The van der Waals surface area contributed by atoms with E-state index in [0.29, 0.717) is 16.8 Å². The predicted molar refractivity (Wildman–Crippen MR) is 238 cm³/mol. The minimum atomic E-state index is -0.169. The van der Waals surface area contributed by atoms with Gasteiger partial charge in [0.05, 0.1) is 5.52 Å². The number of benzene rings is 6. The van der Waals surface area contributed by atoms with E-state index >= 15 is 0 Å². The summed E-state index contributed by atoms with van der Waals surface area (Å²) in [5.41, 5.74) is 12.5. The molecule has 0 saturated carbocycles. The van der Waals surface area contributed by atoms with Gasteiger partial charge in [0.25, 0.3) is 0 Å². The largest absolute Gasteiger partial charge is 0.522 e. The molecule has 290 valence electrons. The van der Waals surface area contributed by atoms with Gasteiger partial charge in [-0.25, -0.2) is 11.1 Å². The predicted octanol–water partition coefficient (Wildman–Crippen LogP) is 13.1. The Hall–Kier alpha value is -6.62. The summed E-state index contributed by atoms with van der Waals surface area (Å²) in [5, 5.41) is 5.40. The molecule has 0 atom stereocenters. The van der Waals surface area contributed by atoms with Crippen molar-refractivity contribution >= 4 is 71.5 Å². The van der Waals surface area contributed by atoms with Gasteiger partial charge >= 0.3 is 0 Å². The molecule has 0 radical (unpaired) electrons. The summed E-state index contributed by atoms with van der Waals surface area (Å²) < 4.78 is 13.3. The minimum absolute atomic E-state index is 0. The Bertz CT molecular complexity index is 3520. The molecule has 5 heterocycles. The van der Waals surface area contributed by atoms with Gasteiger partial charge in [0.2, 0.25) is 0 Å². The average molecular weight is 944 g/mol. The van der Waals surface area contributed by atoms with Crippen LogP contribution in [0, 0.1) is 19.1 Å². The van der Waals surface area contributed by atoms with Crippen LogP contribution in [0.25, 0.3) is 94.0 Å². The van der Waals surface area contributed by atoms with Crippen LogP contribution in [0.15, 0.2) is 162 Å². The molecule has 10 aromatic rings. The normalized spacial score (nSPS) is 11.9. The van der Waals surface area contributed by atoms with Crippen LogP contribution in [-0.2, 0) is 26.5 Å². The van der Waals surface area contributed by atoms with E-state index in [1.54, 1.807) is 0 Å². The number of pyridine rings is 2. The second-order valence-electron chi connectivity index (χ2n) is 16.1. The van der Waals surface area contributed by atoms with Crippen molar-refractivity contribution in [2.75, 3.05) is 0 Å². The molecule has 6 aromatic carbocycles. The number of para-hydroxylation sites is 4. The van der Waals surface area contributed by atoms with Gasteiger partial charge < -0.3 is 22.9 Å². The Kier molecular flexibility index (Phi) is 8.73. The molecule has 1 aliphatic heterocycles. The fourth-order valence-electron chi connectivity index (χ4n) is 8.49. The Morgan fingerprint density at radius 2 is 1.29 bits per heavy atom. The van der Waals surface area contributed by atoms with Gasteiger partial charge in [-0.1, -0.05) is 142 Å². The van der Waals surface area contributed by atoms with Crippen LogP contribution in [0.5, 0.6) is 0 Å². The molecule has 0 fully saturated rings. The van der Waals surface area contributed by atoms with Crippen molar-refractivity contribution in [3.63, 3.8) is 0 Å². The molecule has 0 amide bonds. The van der Waals surface area contributed by atoms with Crippen LogP contribution in [0.1, 0.15) is 32.0 Å². The van der Waals surface area contributed by atoms with Gasteiger partial charge in [0, 0.05) is 43.9 Å². The summed E-state index contributed by atoms with van der Waals surface area (Å²) in [6.45, 7) is 8.78. The van der Waals surface area contributed by atoms with Crippen LogP contribution >= 0.6 is 0 Å². The molecular weight excluding hydrogens is 906 g/mol.